The molecule has 7 heteroatoms. The Hall–Kier alpha value is -3.19. The quantitative estimate of drug-likeness (QED) is 0.601. The number of methoxy groups -OCH3 is 1. The molecule has 0 aliphatic rings. The van der Waals surface area contributed by atoms with Crippen LogP contribution in [0.25, 0.3) is 10.6 Å². The van der Waals surface area contributed by atoms with Crippen LogP contribution in [0.4, 0.5) is 5.69 Å². The summed E-state index contributed by atoms with van der Waals surface area (Å²) in [5, 5.41) is 3.54. The zero-order chi connectivity index (χ0) is 20.1. The van der Waals surface area contributed by atoms with E-state index in [9.17, 15) is 9.59 Å². The molecule has 6 nitrogen and oxygen atoms in total. The van der Waals surface area contributed by atoms with E-state index in [0.29, 0.717) is 22.1 Å². The molecule has 2 aromatic carbocycles. The molecule has 3 aromatic rings. The summed E-state index contributed by atoms with van der Waals surface area (Å²) >= 11 is 1.37. The van der Waals surface area contributed by atoms with Gasteiger partial charge in [-0.05, 0) is 43.3 Å². The van der Waals surface area contributed by atoms with E-state index in [0.717, 1.165) is 16.3 Å². The Balaban J connectivity index is 1.59. The van der Waals surface area contributed by atoms with Crippen LogP contribution in [-0.2, 0) is 4.79 Å². The van der Waals surface area contributed by atoms with Crippen molar-refractivity contribution in [2.24, 2.45) is 0 Å². The summed E-state index contributed by atoms with van der Waals surface area (Å²) in [5.41, 5.74) is 2.28. The molecule has 0 bridgehead atoms. The minimum Gasteiger partial charge on any atom is -0.497 e. The van der Waals surface area contributed by atoms with E-state index in [1.165, 1.54) is 18.3 Å². The fourth-order valence-electron chi connectivity index (χ4n) is 2.59. The number of Topliss-reactive ketones (excluding diaryl/α,β-unsaturated/α-hetero) is 1. The molecule has 1 N–H and O–H groups in total. The highest BCUT2D eigenvalue weighted by Crippen LogP contribution is 2.29. The maximum absolute atomic E-state index is 12.1. The lowest BCUT2D eigenvalue weighted by atomic mass is 10.2. The van der Waals surface area contributed by atoms with Crippen molar-refractivity contribution in [3.8, 4) is 22.1 Å². The highest BCUT2D eigenvalue weighted by atomic mass is 32.1. The highest BCUT2D eigenvalue weighted by molar-refractivity contribution is 7.17. The lowest BCUT2D eigenvalue weighted by Gasteiger charge is -2.09. The largest absolute Gasteiger partial charge is 0.497 e. The van der Waals surface area contributed by atoms with Gasteiger partial charge in [-0.2, -0.15) is 0 Å². The van der Waals surface area contributed by atoms with Crippen molar-refractivity contribution in [3.63, 3.8) is 0 Å². The van der Waals surface area contributed by atoms with Crippen LogP contribution in [0.1, 0.15) is 22.3 Å². The smallest absolute Gasteiger partial charge is 0.262 e. The van der Waals surface area contributed by atoms with E-state index in [4.69, 9.17) is 9.47 Å². The number of aromatic nitrogens is 1. The van der Waals surface area contributed by atoms with Crippen molar-refractivity contribution in [1.82, 2.24) is 4.98 Å². The molecule has 1 heterocycles. The molecule has 0 fully saturated rings. The fourth-order valence-corrected chi connectivity index (χ4v) is 3.55. The van der Waals surface area contributed by atoms with Crippen LogP contribution in [0.5, 0.6) is 11.5 Å². The number of carbonyl (C=O) groups is 2. The summed E-state index contributed by atoms with van der Waals surface area (Å²) < 4.78 is 10.7. The normalized spacial score (nSPS) is 10.4. The number of benzene rings is 2. The number of thiazole rings is 1. The monoisotopic (exact) mass is 396 g/mol. The van der Waals surface area contributed by atoms with E-state index in [1.807, 2.05) is 19.1 Å². The van der Waals surface area contributed by atoms with Crippen LogP contribution in [0.2, 0.25) is 0 Å². The number of carbonyl (C=O) groups excluding carboxylic acids is 2. The Morgan fingerprint density at radius 3 is 2.50 bits per heavy atom. The first kappa shape index (κ1) is 19.6. The lowest BCUT2D eigenvalue weighted by Crippen LogP contribution is -2.20. The van der Waals surface area contributed by atoms with Gasteiger partial charge in [0.25, 0.3) is 5.91 Å². The summed E-state index contributed by atoms with van der Waals surface area (Å²) in [6.07, 6.45) is 0. The number of amides is 1. The van der Waals surface area contributed by atoms with Crippen LogP contribution in [-0.4, -0.2) is 30.4 Å². The number of nitrogens with one attached hydrogen (secondary N) is 1. The van der Waals surface area contributed by atoms with Gasteiger partial charge in [0.2, 0.25) is 0 Å². The molecule has 0 aliphatic carbocycles. The third-order valence-corrected chi connectivity index (χ3v) is 5.25. The van der Waals surface area contributed by atoms with Crippen LogP contribution >= 0.6 is 11.3 Å². The number of hydrogen-bond acceptors (Lipinski definition) is 6. The number of rotatable bonds is 7. The van der Waals surface area contributed by atoms with Gasteiger partial charge in [-0.25, -0.2) is 4.98 Å². The molecule has 1 aromatic heterocycles. The second-order valence-electron chi connectivity index (χ2n) is 6.08. The minimum atomic E-state index is -0.265. The van der Waals surface area contributed by atoms with Crippen LogP contribution in [0, 0.1) is 6.92 Å². The van der Waals surface area contributed by atoms with Crippen molar-refractivity contribution < 1.29 is 19.1 Å². The number of nitrogens with zero attached hydrogens (tertiary/aromatic N) is 1. The Labute approximate surface area is 167 Å². The maximum Gasteiger partial charge on any atom is 0.262 e. The molecular weight excluding hydrogens is 376 g/mol. The van der Waals surface area contributed by atoms with Gasteiger partial charge in [-0.3, -0.25) is 9.59 Å². The molecule has 1 amide bonds. The van der Waals surface area contributed by atoms with Gasteiger partial charge in [0.05, 0.1) is 17.7 Å². The lowest BCUT2D eigenvalue weighted by molar-refractivity contribution is -0.118. The Bertz CT molecular complexity index is 996. The standard InChI is InChI=1S/C21H20N2O4S/c1-13-20(14(2)24)28-21(22-13)15-7-9-17(10-8-15)27-12-19(25)23-16-5-4-6-18(11-16)26-3/h4-11H,12H2,1-3H3,(H,23,25). The summed E-state index contributed by atoms with van der Waals surface area (Å²) in [4.78, 5) is 28.8. The van der Waals surface area contributed by atoms with Gasteiger partial charge < -0.3 is 14.8 Å². The number of ketones is 1. The van der Waals surface area contributed by atoms with Gasteiger partial charge in [0, 0.05) is 24.2 Å². The van der Waals surface area contributed by atoms with Gasteiger partial charge >= 0.3 is 0 Å². The second-order valence-corrected chi connectivity index (χ2v) is 7.08. The molecule has 0 radical (unpaired) electrons. The summed E-state index contributed by atoms with van der Waals surface area (Å²) in [5.74, 6) is 0.992. The molecule has 0 aliphatic heterocycles. The third kappa shape index (κ3) is 4.75. The topological polar surface area (TPSA) is 77.5 Å². The van der Waals surface area contributed by atoms with E-state index in [1.54, 1.807) is 43.5 Å². The van der Waals surface area contributed by atoms with Crippen molar-refractivity contribution >= 4 is 28.7 Å². The van der Waals surface area contributed by atoms with Crippen LogP contribution < -0.4 is 14.8 Å². The molecule has 0 saturated carbocycles. The Kier molecular flexibility index (Phi) is 6.06. The molecule has 0 saturated heterocycles. The Morgan fingerprint density at radius 1 is 1.11 bits per heavy atom. The van der Waals surface area contributed by atoms with Gasteiger partial charge in [-0.1, -0.05) is 6.07 Å². The average Bonchev–Trinajstić information content (AvgIpc) is 3.09. The predicted molar refractivity (Wildman–Crippen MR) is 109 cm³/mol. The number of hydrogen-bond donors (Lipinski definition) is 1. The van der Waals surface area contributed by atoms with Crippen molar-refractivity contribution in [3.05, 3.63) is 59.1 Å². The second kappa shape index (κ2) is 8.67. The SMILES string of the molecule is COc1cccc(NC(=O)COc2ccc(-c3nc(C)c(C(C)=O)s3)cc2)c1. The predicted octanol–water partition coefficient (Wildman–Crippen LogP) is 4.35. The van der Waals surface area contributed by atoms with Crippen molar-refractivity contribution in [2.45, 2.75) is 13.8 Å². The van der Waals surface area contributed by atoms with Gasteiger partial charge in [0.15, 0.2) is 12.4 Å². The molecule has 3 rings (SSSR count). The summed E-state index contributed by atoms with van der Waals surface area (Å²) in [6.45, 7) is 3.26. The van der Waals surface area contributed by atoms with E-state index in [-0.39, 0.29) is 18.3 Å². The zero-order valence-electron chi connectivity index (χ0n) is 15.8. The minimum absolute atomic E-state index is 0.0169. The first-order chi connectivity index (χ1) is 13.5. The Morgan fingerprint density at radius 2 is 1.86 bits per heavy atom. The molecule has 0 unspecified atom stereocenters. The number of aryl methyl sites for hydroxylation is 1. The molecule has 0 spiro atoms. The van der Waals surface area contributed by atoms with Crippen molar-refractivity contribution in [2.75, 3.05) is 19.0 Å². The maximum atomic E-state index is 12.1. The molecule has 144 valence electrons. The highest BCUT2D eigenvalue weighted by Gasteiger charge is 2.13. The summed E-state index contributed by atoms with van der Waals surface area (Å²) in [6, 6.07) is 14.4. The van der Waals surface area contributed by atoms with Gasteiger partial charge in [-0.15, -0.1) is 11.3 Å². The van der Waals surface area contributed by atoms with E-state index in [2.05, 4.69) is 10.3 Å². The molecule has 0 atom stereocenters. The number of ether oxygens (including phenoxy) is 2. The van der Waals surface area contributed by atoms with Crippen molar-refractivity contribution in [1.29, 1.82) is 0 Å². The van der Waals surface area contributed by atoms with Crippen LogP contribution in [0.15, 0.2) is 48.5 Å². The third-order valence-electron chi connectivity index (χ3n) is 3.94. The van der Waals surface area contributed by atoms with E-state index >= 15 is 0 Å². The number of anilines is 1. The van der Waals surface area contributed by atoms with Crippen LogP contribution in [0.3, 0.4) is 0 Å². The fraction of sp³-hybridized carbons (Fsp3) is 0.190. The van der Waals surface area contributed by atoms with Gasteiger partial charge in [0.1, 0.15) is 16.5 Å². The van der Waals surface area contributed by atoms with E-state index < -0.39 is 0 Å². The first-order valence-electron chi connectivity index (χ1n) is 8.62. The molecular formula is C21H20N2O4S. The average molecular weight is 396 g/mol. The summed E-state index contributed by atoms with van der Waals surface area (Å²) in [7, 11) is 1.57. The molecule has 28 heavy (non-hydrogen) atoms. The first-order valence-corrected chi connectivity index (χ1v) is 9.43. The zero-order valence-corrected chi connectivity index (χ0v) is 16.6.